The second-order valence-corrected chi connectivity index (χ2v) is 7.19. The van der Waals surface area contributed by atoms with E-state index in [9.17, 15) is 9.59 Å². The van der Waals surface area contributed by atoms with Crippen molar-refractivity contribution in [1.82, 2.24) is 14.9 Å². The fourth-order valence-corrected chi connectivity index (χ4v) is 3.61. The second-order valence-electron chi connectivity index (χ2n) is 7.19. The monoisotopic (exact) mass is 401 g/mol. The van der Waals surface area contributed by atoms with Crippen molar-refractivity contribution in [2.24, 2.45) is 7.05 Å². The molecule has 0 aliphatic carbocycles. The molecule has 0 spiro atoms. The van der Waals surface area contributed by atoms with Gasteiger partial charge in [-0.2, -0.15) is 0 Å². The summed E-state index contributed by atoms with van der Waals surface area (Å²) in [4.78, 5) is 27.9. The normalized spacial score (nSPS) is 11.9. The minimum absolute atomic E-state index is 0.0671. The van der Waals surface area contributed by atoms with Crippen LogP contribution in [0.3, 0.4) is 0 Å². The van der Waals surface area contributed by atoms with Crippen LogP contribution in [0.15, 0.2) is 77.9 Å². The molecule has 2 aromatic carbocycles. The number of para-hydroxylation sites is 1. The first kappa shape index (κ1) is 19.5. The van der Waals surface area contributed by atoms with Crippen molar-refractivity contribution in [3.8, 4) is 5.75 Å². The third-order valence-corrected chi connectivity index (χ3v) is 5.35. The summed E-state index contributed by atoms with van der Waals surface area (Å²) >= 11 is 0. The average Bonchev–Trinajstić information content (AvgIpc) is 3.20. The van der Waals surface area contributed by atoms with Crippen molar-refractivity contribution < 1.29 is 9.53 Å². The number of nitrogens with one attached hydrogen (secondary N) is 2. The predicted octanol–water partition coefficient (Wildman–Crippen LogP) is 3.44. The van der Waals surface area contributed by atoms with Crippen molar-refractivity contribution in [3.05, 3.63) is 100 Å². The summed E-state index contributed by atoms with van der Waals surface area (Å²) in [6, 6.07) is 18.9. The highest BCUT2D eigenvalue weighted by atomic mass is 16.5. The third-order valence-electron chi connectivity index (χ3n) is 5.35. The van der Waals surface area contributed by atoms with E-state index in [1.807, 2.05) is 48.7 Å². The number of aromatic nitrogens is 2. The lowest BCUT2D eigenvalue weighted by Gasteiger charge is -2.19. The Balaban J connectivity index is 1.65. The maximum absolute atomic E-state index is 12.7. The van der Waals surface area contributed by atoms with Crippen LogP contribution >= 0.6 is 0 Å². The standard InChI is InChI=1S/C24H23N3O3/c1-27-12-11-17(13-23(27)28)24(29)26-14-20(16-7-9-18(30-2)10-8-16)21-15-25-22-6-4-3-5-19(21)22/h3-13,15,20,25H,14H2,1-2H3,(H,26,29). The average molecular weight is 401 g/mol. The van der Waals surface area contributed by atoms with Crippen molar-refractivity contribution in [2.75, 3.05) is 13.7 Å². The number of rotatable bonds is 6. The minimum atomic E-state index is -0.272. The number of H-pyrrole nitrogens is 1. The molecule has 2 N–H and O–H groups in total. The molecule has 6 nitrogen and oxygen atoms in total. The number of hydrogen-bond donors (Lipinski definition) is 2. The molecule has 30 heavy (non-hydrogen) atoms. The molecule has 2 heterocycles. The van der Waals surface area contributed by atoms with Crippen LogP contribution in [0.2, 0.25) is 0 Å². The molecule has 0 radical (unpaired) electrons. The lowest BCUT2D eigenvalue weighted by atomic mass is 9.90. The van der Waals surface area contributed by atoms with Crippen molar-refractivity contribution in [3.63, 3.8) is 0 Å². The summed E-state index contributed by atoms with van der Waals surface area (Å²) < 4.78 is 6.71. The molecule has 1 atom stereocenters. The Hall–Kier alpha value is -3.80. The van der Waals surface area contributed by atoms with Gasteiger partial charge in [-0.15, -0.1) is 0 Å². The lowest BCUT2D eigenvalue weighted by Crippen LogP contribution is -2.30. The highest BCUT2D eigenvalue weighted by Crippen LogP contribution is 2.31. The summed E-state index contributed by atoms with van der Waals surface area (Å²) in [5.74, 6) is 0.439. The van der Waals surface area contributed by atoms with Gasteiger partial charge in [-0.3, -0.25) is 9.59 Å². The van der Waals surface area contributed by atoms with E-state index < -0.39 is 0 Å². The molecular formula is C24H23N3O3. The first-order valence-corrected chi connectivity index (χ1v) is 9.71. The zero-order valence-electron chi connectivity index (χ0n) is 16.9. The number of ether oxygens (including phenoxy) is 1. The van der Waals surface area contributed by atoms with Gasteiger partial charge in [-0.05, 0) is 35.4 Å². The number of hydrogen-bond acceptors (Lipinski definition) is 3. The van der Waals surface area contributed by atoms with Gasteiger partial charge in [0.15, 0.2) is 0 Å². The number of pyridine rings is 1. The largest absolute Gasteiger partial charge is 0.497 e. The van der Waals surface area contributed by atoms with Crippen LogP contribution in [-0.2, 0) is 7.05 Å². The fourth-order valence-electron chi connectivity index (χ4n) is 3.61. The SMILES string of the molecule is COc1ccc(C(CNC(=O)c2ccn(C)c(=O)c2)c2c[nH]c3ccccc23)cc1. The Labute approximate surface area is 174 Å². The second kappa shape index (κ2) is 8.29. The van der Waals surface area contributed by atoms with E-state index in [0.29, 0.717) is 12.1 Å². The van der Waals surface area contributed by atoms with Crippen LogP contribution < -0.4 is 15.6 Å². The van der Waals surface area contributed by atoms with Crippen LogP contribution in [0.4, 0.5) is 0 Å². The van der Waals surface area contributed by atoms with E-state index in [1.165, 1.54) is 10.6 Å². The number of carbonyl (C=O) groups is 1. The highest BCUT2D eigenvalue weighted by molar-refractivity contribution is 5.94. The quantitative estimate of drug-likeness (QED) is 0.520. The molecule has 0 aliphatic heterocycles. The molecule has 0 bridgehead atoms. The highest BCUT2D eigenvalue weighted by Gasteiger charge is 2.20. The Morgan fingerprint density at radius 2 is 1.90 bits per heavy atom. The smallest absolute Gasteiger partial charge is 0.251 e. The van der Waals surface area contributed by atoms with Gasteiger partial charge < -0.3 is 19.6 Å². The van der Waals surface area contributed by atoms with E-state index in [-0.39, 0.29) is 17.4 Å². The zero-order chi connectivity index (χ0) is 21.1. The van der Waals surface area contributed by atoms with Gasteiger partial charge in [0.05, 0.1) is 7.11 Å². The fraction of sp³-hybridized carbons (Fsp3) is 0.167. The molecule has 4 rings (SSSR count). The molecule has 0 aliphatic rings. The van der Waals surface area contributed by atoms with Gasteiger partial charge in [-0.1, -0.05) is 30.3 Å². The van der Waals surface area contributed by atoms with Crippen molar-refractivity contribution in [1.29, 1.82) is 0 Å². The molecule has 0 saturated heterocycles. The number of aryl methyl sites for hydroxylation is 1. The Morgan fingerprint density at radius 1 is 1.13 bits per heavy atom. The lowest BCUT2D eigenvalue weighted by molar-refractivity contribution is 0.0952. The van der Waals surface area contributed by atoms with E-state index in [0.717, 1.165) is 27.8 Å². The maximum atomic E-state index is 12.7. The maximum Gasteiger partial charge on any atom is 0.251 e. The third kappa shape index (κ3) is 3.85. The summed E-state index contributed by atoms with van der Waals surface area (Å²) in [5, 5.41) is 4.11. The molecule has 1 amide bonds. The zero-order valence-corrected chi connectivity index (χ0v) is 16.9. The van der Waals surface area contributed by atoms with E-state index >= 15 is 0 Å². The van der Waals surface area contributed by atoms with Crippen LogP contribution in [0.5, 0.6) is 5.75 Å². The Morgan fingerprint density at radius 3 is 2.63 bits per heavy atom. The molecule has 4 aromatic rings. The first-order chi connectivity index (χ1) is 14.6. The van der Waals surface area contributed by atoms with Crippen LogP contribution in [0.1, 0.15) is 27.4 Å². The first-order valence-electron chi connectivity index (χ1n) is 9.71. The molecule has 6 heteroatoms. The predicted molar refractivity (Wildman–Crippen MR) is 117 cm³/mol. The number of carbonyl (C=O) groups excluding carboxylic acids is 1. The topological polar surface area (TPSA) is 76.1 Å². The summed E-state index contributed by atoms with van der Waals surface area (Å²) in [6.45, 7) is 0.391. The van der Waals surface area contributed by atoms with Crippen LogP contribution in [0.25, 0.3) is 10.9 Å². The molecule has 0 saturated carbocycles. The van der Waals surface area contributed by atoms with Gasteiger partial charge in [0.1, 0.15) is 5.75 Å². The van der Waals surface area contributed by atoms with Crippen LogP contribution in [0, 0.1) is 0 Å². The molecular weight excluding hydrogens is 378 g/mol. The molecule has 2 aromatic heterocycles. The molecule has 1 unspecified atom stereocenters. The Kier molecular flexibility index (Phi) is 5.39. The van der Waals surface area contributed by atoms with Gasteiger partial charge in [-0.25, -0.2) is 0 Å². The number of benzene rings is 2. The van der Waals surface area contributed by atoms with Crippen LogP contribution in [-0.4, -0.2) is 29.1 Å². The van der Waals surface area contributed by atoms with E-state index in [2.05, 4.69) is 16.4 Å². The minimum Gasteiger partial charge on any atom is -0.497 e. The van der Waals surface area contributed by atoms with Gasteiger partial charge in [0.2, 0.25) is 0 Å². The van der Waals surface area contributed by atoms with Gasteiger partial charge in [0.25, 0.3) is 11.5 Å². The molecule has 152 valence electrons. The number of fused-ring (bicyclic) bond motifs is 1. The summed E-state index contributed by atoms with van der Waals surface area (Å²) in [6.07, 6.45) is 3.59. The summed E-state index contributed by atoms with van der Waals surface area (Å²) in [7, 11) is 3.29. The van der Waals surface area contributed by atoms with Crippen molar-refractivity contribution >= 4 is 16.8 Å². The number of aromatic amines is 1. The number of nitrogens with zero attached hydrogens (tertiary/aromatic N) is 1. The molecule has 0 fully saturated rings. The van der Waals surface area contributed by atoms with Gasteiger partial charge in [0, 0.05) is 54.4 Å². The van der Waals surface area contributed by atoms with Crippen molar-refractivity contribution in [2.45, 2.75) is 5.92 Å². The number of amides is 1. The van der Waals surface area contributed by atoms with E-state index in [1.54, 1.807) is 26.4 Å². The summed E-state index contributed by atoms with van der Waals surface area (Å²) in [5.41, 5.74) is 3.34. The Bertz CT molecular complexity index is 1240. The van der Waals surface area contributed by atoms with Gasteiger partial charge >= 0.3 is 0 Å². The van der Waals surface area contributed by atoms with E-state index in [4.69, 9.17) is 4.74 Å². The number of methoxy groups -OCH3 is 1.